The quantitative estimate of drug-likeness (QED) is 0.335. The Bertz CT molecular complexity index is 1230. The van der Waals surface area contributed by atoms with Crippen molar-refractivity contribution in [3.8, 4) is 22.8 Å². The van der Waals surface area contributed by atoms with Crippen molar-refractivity contribution in [2.45, 2.75) is 13.8 Å². The second-order valence-corrected chi connectivity index (χ2v) is 7.72. The molecule has 1 heterocycles. The van der Waals surface area contributed by atoms with Gasteiger partial charge in [0.25, 0.3) is 0 Å². The van der Waals surface area contributed by atoms with Crippen LogP contribution in [0.4, 0.5) is 0 Å². The van der Waals surface area contributed by atoms with Crippen LogP contribution in [0.5, 0.6) is 5.88 Å². The van der Waals surface area contributed by atoms with E-state index in [9.17, 15) is 4.79 Å². The Balaban J connectivity index is 1.80. The van der Waals surface area contributed by atoms with Gasteiger partial charge in [-0.2, -0.15) is 9.78 Å². The zero-order chi connectivity index (χ0) is 21.3. The van der Waals surface area contributed by atoms with E-state index >= 15 is 0 Å². The minimum atomic E-state index is -0.581. The molecule has 4 rings (SSSR count). The molecule has 0 radical (unpaired) electrons. The maximum absolute atomic E-state index is 12.8. The highest BCUT2D eigenvalue weighted by atomic mass is 35.5. The van der Waals surface area contributed by atoms with Gasteiger partial charge in [0.1, 0.15) is 0 Å². The lowest BCUT2D eigenvalue weighted by molar-refractivity contribution is 0.0723. The molecule has 0 spiro atoms. The number of aromatic nitrogens is 2. The Kier molecular flexibility index (Phi) is 5.62. The number of hydrogen-bond donors (Lipinski definition) is 0. The minimum absolute atomic E-state index is 0.230. The Labute approximate surface area is 184 Å². The van der Waals surface area contributed by atoms with Gasteiger partial charge in [0, 0.05) is 16.7 Å². The zero-order valence-corrected chi connectivity index (χ0v) is 17.9. The van der Waals surface area contributed by atoms with Crippen molar-refractivity contribution < 1.29 is 9.53 Å². The van der Waals surface area contributed by atoms with Crippen molar-refractivity contribution in [3.63, 3.8) is 0 Å². The van der Waals surface area contributed by atoms with E-state index < -0.39 is 5.97 Å². The lowest BCUT2D eigenvalue weighted by Crippen LogP contribution is -2.13. The van der Waals surface area contributed by atoms with Crippen LogP contribution in [-0.2, 0) is 0 Å². The predicted molar refractivity (Wildman–Crippen MR) is 120 cm³/mol. The third kappa shape index (κ3) is 3.97. The van der Waals surface area contributed by atoms with Gasteiger partial charge in [0.05, 0.1) is 22.0 Å². The van der Waals surface area contributed by atoms with Crippen LogP contribution in [-0.4, -0.2) is 15.7 Å². The van der Waals surface area contributed by atoms with Crippen LogP contribution in [0.1, 0.15) is 21.5 Å². The van der Waals surface area contributed by atoms with Gasteiger partial charge in [-0.05, 0) is 49.2 Å². The van der Waals surface area contributed by atoms with Gasteiger partial charge >= 0.3 is 5.97 Å². The van der Waals surface area contributed by atoms with Gasteiger partial charge in [-0.3, -0.25) is 0 Å². The molecule has 4 aromatic rings. The fraction of sp³-hybridized carbons (Fsp3) is 0.0833. The number of aryl methyl sites for hydroxylation is 1. The summed E-state index contributed by atoms with van der Waals surface area (Å²) in [6.45, 7) is 4.04. The highest BCUT2D eigenvalue weighted by Gasteiger charge is 2.20. The summed E-state index contributed by atoms with van der Waals surface area (Å²) in [5, 5.41) is 5.40. The lowest BCUT2D eigenvalue weighted by Gasteiger charge is -2.12. The zero-order valence-electron chi connectivity index (χ0n) is 16.4. The number of halogens is 2. The number of ether oxygens (including phenoxy) is 1. The molecular formula is C24H18Cl2N2O2. The van der Waals surface area contributed by atoms with E-state index in [1.165, 1.54) is 6.07 Å². The van der Waals surface area contributed by atoms with E-state index in [2.05, 4.69) is 0 Å². The highest BCUT2D eigenvalue weighted by Crippen LogP contribution is 2.30. The van der Waals surface area contributed by atoms with Crippen molar-refractivity contribution in [2.75, 3.05) is 0 Å². The molecule has 0 aliphatic carbocycles. The molecule has 0 aliphatic heterocycles. The average molecular weight is 437 g/mol. The average Bonchev–Trinajstić information content (AvgIpc) is 3.14. The molecule has 0 bridgehead atoms. The second-order valence-electron chi connectivity index (χ2n) is 6.88. The van der Waals surface area contributed by atoms with Gasteiger partial charge in [-0.1, -0.05) is 65.7 Å². The molecule has 0 aliphatic rings. The monoisotopic (exact) mass is 436 g/mol. The van der Waals surface area contributed by atoms with Crippen LogP contribution in [0.25, 0.3) is 16.9 Å². The smallest absolute Gasteiger partial charge is 0.346 e. The topological polar surface area (TPSA) is 44.1 Å². The molecule has 6 heteroatoms. The van der Waals surface area contributed by atoms with Gasteiger partial charge in [-0.25, -0.2) is 4.79 Å². The summed E-state index contributed by atoms with van der Waals surface area (Å²) in [6, 6.07) is 22.0. The predicted octanol–water partition coefficient (Wildman–Crippen LogP) is 6.68. The molecule has 0 saturated carbocycles. The Morgan fingerprint density at radius 2 is 1.70 bits per heavy atom. The summed E-state index contributed by atoms with van der Waals surface area (Å²) in [5.41, 5.74) is 4.84. The standard InChI is InChI=1S/C24H18Cl2N2O2/c1-15-7-6-10-22(16(15)2)28-23(14-21(27-28)17-8-4-3-5-9-17)30-24(29)19-12-11-18(25)13-20(19)26/h3-14H,1-2H3. The van der Waals surface area contributed by atoms with Gasteiger partial charge in [0.2, 0.25) is 5.88 Å². The van der Waals surface area contributed by atoms with Crippen molar-refractivity contribution in [3.05, 3.63) is 99.5 Å². The van der Waals surface area contributed by atoms with E-state index in [0.29, 0.717) is 16.6 Å². The van der Waals surface area contributed by atoms with E-state index in [1.807, 2.05) is 62.4 Å². The van der Waals surface area contributed by atoms with Gasteiger partial charge in [-0.15, -0.1) is 0 Å². The van der Waals surface area contributed by atoms with E-state index in [4.69, 9.17) is 33.0 Å². The van der Waals surface area contributed by atoms with Crippen LogP contribution in [0, 0.1) is 13.8 Å². The SMILES string of the molecule is Cc1cccc(-n2nc(-c3ccccc3)cc2OC(=O)c2ccc(Cl)cc2Cl)c1C. The van der Waals surface area contributed by atoms with Gasteiger partial charge < -0.3 is 4.74 Å². The maximum Gasteiger partial charge on any atom is 0.346 e. The van der Waals surface area contributed by atoms with Crippen molar-refractivity contribution in [2.24, 2.45) is 0 Å². The normalized spacial score (nSPS) is 10.8. The van der Waals surface area contributed by atoms with Crippen molar-refractivity contribution >= 4 is 29.2 Å². The molecule has 0 fully saturated rings. The molecule has 1 aromatic heterocycles. The molecular weight excluding hydrogens is 419 g/mol. The summed E-state index contributed by atoms with van der Waals surface area (Å²) in [6.07, 6.45) is 0. The van der Waals surface area contributed by atoms with Crippen LogP contribution in [0.2, 0.25) is 10.0 Å². The number of carbonyl (C=O) groups is 1. The number of rotatable bonds is 4. The summed E-state index contributed by atoms with van der Waals surface area (Å²) in [4.78, 5) is 12.8. The third-order valence-corrected chi connectivity index (χ3v) is 5.45. The minimum Gasteiger partial charge on any atom is -0.404 e. The molecule has 30 heavy (non-hydrogen) atoms. The first kappa shape index (κ1) is 20.2. The number of carbonyl (C=O) groups excluding carboxylic acids is 1. The summed E-state index contributed by atoms with van der Waals surface area (Å²) in [5.74, 6) is -0.277. The highest BCUT2D eigenvalue weighted by molar-refractivity contribution is 6.36. The Morgan fingerprint density at radius 3 is 2.43 bits per heavy atom. The maximum atomic E-state index is 12.8. The van der Waals surface area contributed by atoms with E-state index in [0.717, 1.165) is 22.4 Å². The number of nitrogens with zero attached hydrogens (tertiary/aromatic N) is 2. The van der Waals surface area contributed by atoms with Crippen LogP contribution < -0.4 is 4.74 Å². The van der Waals surface area contributed by atoms with Crippen LogP contribution >= 0.6 is 23.2 Å². The Hall–Kier alpha value is -3.08. The fourth-order valence-corrected chi connectivity index (χ4v) is 3.61. The molecule has 3 aromatic carbocycles. The third-order valence-electron chi connectivity index (χ3n) is 4.90. The fourth-order valence-electron chi connectivity index (χ4n) is 3.13. The van der Waals surface area contributed by atoms with Crippen LogP contribution in [0.3, 0.4) is 0 Å². The second kappa shape index (κ2) is 8.34. The first-order chi connectivity index (χ1) is 14.4. The van der Waals surface area contributed by atoms with Crippen molar-refractivity contribution in [1.29, 1.82) is 0 Å². The van der Waals surface area contributed by atoms with Crippen LogP contribution in [0.15, 0.2) is 72.8 Å². The number of esters is 1. The lowest BCUT2D eigenvalue weighted by atomic mass is 10.1. The number of benzene rings is 3. The molecule has 4 nitrogen and oxygen atoms in total. The first-order valence-electron chi connectivity index (χ1n) is 9.33. The van der Waals surface area contributed by atoms with E-state index in [1.54, 1.807) is 22.9 Å². The first-order valence-corrected chi connectivity index (χ1v) is 10.1. The molecule has 0 unspecified atom stereocenters. The summed E-state index contributed by atoms with van der Waals surface area (Å²) >= 11 is 12.1. The molecule has 0 saturated heterocycles. The van der Waals surface area contributed by atoms with E-state index in [-0.39, 0.29) is 10.6 Å². The van der Waals surface area contributed by atoms with Gasteiger partial charge in [0.15, 0.2) is 0 Å². The molecule has 0 N–H and O–H groups in total. The summed E-state index contributed by atoms with van der Waals surface area (Å²) < 4.78 is 7.38. The molecule has 150 valence electrons. The summed E-state index contributed by atoms with van der Waals surface area (Å²) in [7, 11) is 0. The Morgan fingerprint density at radius 1 is 0.933 bits per heavy atom. The number of hydrogen-bond acceptors (Lipinski definition) is 3. The molecule has 0 atom stereocenters. The largest absolute Gasteiger partial charge is 0.404 e. The van der Waals surface area contributed by atoms with Crippen molar-refractivity contribution in [1.82, 2.24) is 9.78 Å². The molecule has 0 amide bonds.